The normalized spacial score (nSPS) is 22.3. The van der Waals surface area contributed by atoms with E-state index in [0.29, 0.717) is 17.8 Å². The summed E-state index contributed by atoms with van der Waals surface area (Å²) < 4.78 is 42.7. The van der Waals surface area contributed by atoms with Gasteiger partial charge in [-0.25, -0.2) is 17.6 Å². The number of primary amides is 1. The van der Waals surface area contributed by atoms with Crippen molar-refractivity contribution in [3.8, 4) is 0 Å². The van der Waals surface area contributed by atoms with E-state index < -0.39 is 33.8 Å². The van der Waals surface area contributed by atoms with Crippen LogP contribution in [-0.4, -0.2) is 57.7 Å². The van der Waals surface area contributed by atoms with Crippen molar-refractivity contribution >= 4 is 33.2 Å². The predicted octanol–water partition coefficient (Wildman–Crippen LogP) is 0.651. The number of amides is 2. The molecule has 3 rings (SSSR count). The second-order valence-electron chi connectivity index (χ2n) is 6.40. The van der Waals surface area contributed by atoms with Gasteiger partial charge in [0.25, 0.3) is 0 Å². The van der Waals surface area contributed by atoms with Crippen molar-refractivity contribution in [2.75, 3.05) is 40.9 Å². The summed E-state index contributed by atoms with van der Waals surface area (Å²) in [6, 6.07) is 4.36. The highest BCUT2D eigenvalue weighted by Crippen LogP contribution is 2.29. The van der Waals surface area contributed by atoms with E-state index in [2.05, 4.69) is 0 Å². The summed E-state index contributed by atoms with van der Waals surface area (Å²) in [6.07, 6.45) is -0.641. The quantitative estimate of drug-likeness (QED) is 0.797. The summed E-state index contributed by atoms with van der Waals surface area (Å²) in [6.45, 7) is 0.686. The number of ether oxygens (including phenoxy) is 1. The Hall–Kier alpha value is -2.36. The topological polar surface area (TPSA) is 110 Å². The molecule has 1 atom stereocenters. The lowest BCUT2D eigenvalue weighted by Crippen LogP contribution is -2.40. The zero-order chi connectivity index (χ0) is 18.9. The Labute approximate surface area is 150 Å². The molecule has 142 valence electrons. The second kappa shape index (κ2) is 7.10. The highest BCUT2D eigenvalue weighted by molar-refractivity contribution is 7.91. The Morgan fingerprint density at radius 3 is 2.62 bits per heavy atom. The first-order valence-electron chi connectivity index (χ1n) is 8.26. The van der Waals surface area contributed by atoms with Crippen molar-refractivity contribution in [2.45, 2.75) is 18.9 Å². The molecule has 0 spiro atoms. The number of rotatable bonds is 5. The van der Waals surface area contributed by atoms with Crippen LogP contribution in [0.2, 0.25) is 0 Å². The Morgan fingerprint density at radius 2 is 2.00 bits per heavy atom. The van der Waals surface area contributed by atoms with E-state index in [0.717, 1.165) is 0 Å². The van der Waals surface area contributed by atoms with Crippen molar-refractivity contribution in [1.82, 2.24) is 0 Å². The van der Waals surface area contributed by atoms with Crippen LogP contribution < -0.4 is 15.5 Å². The molecule has 0 saturated carbocycles. The number of nitrogens with zero attached hydrogens (tertiary/aromatic N) is 2. The van der Waals surface area contributed by atoms with Gasteiger partial charge in [-0.05, 0) is 24.6 Å². The lowest BCUT2D eigenvalue weighted by molar-refractivity contribution is -0.118. The summed E-state index contributed by atoms with van der Waals surface area (Å²) in [5.41, 5.74) is 5.75. The van der Waals surface area contributed by atoms with Crippen molar-refractivity contribution in [3.05, 3.63) is 24.0 Å². The van der Waals surface area contributed by atoms with Gasteiger partial charge in [0.05, 0.1) is 29.4 Å². The molecule has 0 aliphatic carbocycles. The van der Waals surface area contributed by atoms with Gasteiger partial charge in [-0.3, -0.25) is 9.69 Å². The fourth-order valence-electron chi connectivity index (χ4n) is 3.06. The highest BCUT2D eigenvalue weighted by atomic mass is 32.2. The first-order valence-corrected chi connectivity index (χ1v) is 10.1. The first-order chi connectivity index (χ1) is 12.2. The van der Waals surface area contributed by atoms with Crippen LogP contribution in [-0.2, 0) is 19.4 Å². The summed E-state index contributed by atoms with van der Waals surface area (Å²) in [7, 11) is -3.05. The van der Waals surface area contributed by atoms with Gasteiger partial charge in [-0.2, -0.15) is 0 Å². The smallest absolute Gasteiger partial charge is 0.414 e. The van der Waals surface area contributed by atoms with Gasteiger partial charge in [0.2, 0.25) is 5.91 Å². The van der Waals surface area contributed by atoms with E-state index in [1.807, 2.05) is 0 Å². The minimum atomic E-state index is -3.05. The maximum Gasteiger partial charge on any atom is 0.414 e. The van der Waals surface area contributed by atoms with Crippen molar-refractivity contribution < 1.29 is 27.1 Å². The number of carbonyl (C=O) groups is 2. The molecule has 10 heteroatoms. The number of hydrogen-bond donors (Lipinski definition) is 1. The van der Waals surface area contributed by atoms with Gasteiger partial charge >= 0.3 is 6.09 Å². The van der Waals surface area contributed by atoms with Crippen LogP contribution >= 0.6 is 0 Å². The molecule has 8 nitrogen and oxygen atoms in total. The molecule has 1 aromatic rings. The van der Waals surface area contributed by atoms with E-state index in [-0.39, 0.29) is 37.6 Å². The van der Waals surface area contributed by atoms with Gasteiger partial charge in [0, 0.05) is 19.5 Å². The molecule has 0 bridgehead atoms. The maximum atomic E-state index is 14.5. The predicted molar refractivity (Wildman–Crippen MR) is 93.3 cm³/mol. The van der Waals surface area contributed by atoms with E-state index in [1.165, 1.54) is 17.0 Å². The largest absolute Gasteiger partial charge is 0.444 e. The third kappa shape index (κ3) is 4.06. The molecule has 1 aromatic carbocycles. The van der Waals surface area contributed by atoms with Crippen LogP contribution in [0.3, 0.4) is 0 Å². The van der Waals surface area contributed by atoms with Crippen LogP contribution in [0.4, 0.5) is 20.6 Å². The lowest BCUT2D eigenvalue weighted by atomic mass is 10.2. The number of halogens is 1. The molecule has 2 aliphatic rings. The van der Waals surface area contributed by atoms with Gasteiger partial charge in [-0.1, -0.05) is 0 Å². The number of cyclic esters (lactones) is 1. The van der Waals surface area contributed by atoms with Crippen LogP contribution in [0.5, 0.6) is 0 Å². The summed E-state index contributed by atoms with van der Waals surface area (Å²) >= 11 is 0. The Bertz CT molecular complexity index is 815. The number of sulfone groups is 1. The number of carbonyl (C=O) groups excluding carboxylic acids is 2. The first kappa shape index (κ1) is 18.4. The van der Waals surface area contributed by atoms with Gasteiger partial charge in [-0.15, -0.1) is 0 Å². The standard InChI is InChI=1S/C16H20FN3O5S/c17-13-9-11(20-10-12(25-16(20)22)2-4-15(18)21)1-3-14(13)19-5-7-26(23,24)8-6-19/h1,3,9,12H,2,4-8,10H2,(H2,18,21). The molecular formula is C16H20FN3O5S. The average molecular weight is 385 g/mol. The molecule has 2 heterocycles. The van der Waals surface area contributed by atoms with E-state index in [9.17, 15) is 22.4 Å². The number of hydrogen-bond acceptors (Lipinski definition) is 6. The minimum absolute atomic E-state index is 0.00577. The monoisotopic (exact) mass is 385 g/mol. The summed E-state index contributed by atoms with van der Waals surface area (Å²) in [5, 5.41) is 0. The minimum Gasteiger partial charge on any atom is -0.444 e. The van der Waals surface area contributed by atoms with Crippen molar-refractivity contribution in [1.29, 1.82) is 0 Å². The molecule has 2 N–H and O–H groups in total. The fourth-order valence-corrected chi connectivity index (χ4v) is 4.26. The Kier molecular flexibility index (Phi) is 5.03. The Morgan fingerprint density at radius 1 is 1.31 bits per heavy atom. The summed E-state index contributed by atoms with van der Waals surface area (Å²) in [4.78, 5) is 25.8. The Balaban J connectivity index is 1.69. The maximum absolute atomic E-state index is 14.5. The molecule has 2 saturated heterocycles. The number of anilines is 2. The van der Waals surface area contributed by atoms with Gasteiger partial charge in [0.1, 0.15) is 11.9 Å². The van der Waals surface area contributed by atoms with E-state index in [1.54, 1.807) is 11.0 Å². The second-order valence-corrected chi connectivity index (χ2v) is 8.70. The van der Waals surface area contributed by atoms with E-state index in [4.69, 9.17) is 10.5 Å². The third-order valence-corrected chi connectivity index (χ3v) is 6.12. The fraction of sp³-hybridized carbons (Fsp3) is 0.500. The zero-order valence-corrected chi connectivity index (χ0v) is 14.9. The van der Waals surface area contributed by atoms with Crippen LogP contribution in [0.1, 0.15) is 12.8 Å². The third-order valence-electron chi connectivity index (χ3n) is 4.51. The van der Waals surface area contributed by atoms with Crippen LogP contribution in [0.25, 0.3) is 0 Å². The molecule has 0 aromatic heterocycles. The zero-order valence-electron chi connectivity index (χ0n) is 14.1. The van der Waals surface area contributed by atoms with Gasteiger partial charge < -0.3 is 15.4 Å². The number of benzene rings is 1. The molecule has 2 fully saturated rings. The van der Waals surface area contributed by atoms with E-state index >= 15 is 0 Å². The molecule has 2 aliphatic heterocycles. The molecule has 1 unspecified atom stereocenters. The lowest BCUT2D eigenvalue weighted by Gasteiger charge is -2.29. The van der Waals surface area contributed by atoms with Crippen LogP contribution in [0.15, 0.2) is 18.2 Å². The molecule has 0 radical (unpaired) electrons. The number of nitrogens with two attached hydrogens (primary N) is 1. The molecular weight excluding hydrogens is 365 g/mol. The molecule has 26 heavy (non-hydrogen) atoms. The highest BCUT2D eigenvalue weighted by Gasteiger charge is 2.33. The van der Waals surface area contributed by atoms with Crippen molar-refractivity contribution in [2.24, 2.45) is 5.73 Å². The SMILES string of the molecule is NC(=O)CCC1CN(c2ccc(N3CCS(=O)(=O)CC3)c(F)c2)C(=O)O1. The summed E-state index contributed by atoms with van der Waals surface area (Å²) in [5.74, 6) is -1.02. The average Bonchev–Trinajstić information content (AvgIpc) is 2.94. The van der Waals surface area contributed by atoms with Crippen molar-refractivity contribution in [3.63, 3.8) is 0 Å². The van der Waals surface area contributed by atoms with Gasteiger partial charge in [0.15, 0.2) is 9.84 Å². The van der Waals surface area contributed by atoms with Crippen LogP contribution in [0, 0.1) is 5.82 Å². The molecule has 2 amide bonds.